The fourth-order valence-electron chi connectivity index (χ4n) is 6.06. The zero-order valence-electron chi connectivity index (χ0n) is 22.5. The van der Waals surface area contributed by atoms with Gasteiger partial charge in [-0.2, -0.15) is 0 Å². The number of carbonyl (C=O) groups is 2. The molecule has 40 heavy (non-hydrogen) atoms. The van der Waals surface area contributed by atoms with Crippen LogP contribution in [0.25, 0.3) is 21.2 Å². The molecule has 1 saturated heterocycles. The highest BCUT2D eigenvalue weighted by atomic mass is 35.5. The van der Waals surface area contributed by atoms with E-state index in [9.17, 15) is 9.59 Å². The van der Waals surface area contributed by atoms with Crippen LogP contribution in [0.4, 0.5) is 5.69 Å². The molecule has 3 aromatic carbocycles. The minimum Gasteiger partial charge on any atom is -0.348 e. The Labute approximate surface area is 244 Å². The smallest absolute Gasteiger partial charge is 0.261 e. The third-order valence-corrected chi connectivity index (χ3v) is 9.53. The van der Waals surface area contributed by atoms with Crippen molar-refractivity contribution in [3.8, 4) is 11.1 Å². The predicted octanol–water partition coefficient (Wildman–Crippen LogP) is 7.74. The van der Waals surface area contributed by atoms with Crippen molar-refractivity contribution in [3.05, 3.63) is 88.3 Å². The van der Waals surface area contributed by atoms with Crippen molar-refractivity contribution in [3.63, 3.8) is 0 Å². The minimum absolute atomic E-state index is 0.0321. The summed E-state index contributed by atoms with van der Waals surface area (Å²) >= 11 is 7.55. The molecule has 7 heteroatoms. The van der Waals surface area contributed by atoms with Crippen LogP contribution in [-0.2, 0) is 11.3 Å². The van der Waals surface area contributed by atoms with Gasteiger partial charge in [-0.15, -0.1) is 11.3 Å². The van der Waals surface area contributed by atoms with Crippen molar-refractivity contribution < 1.29 is 9.59 Å². The molecule has 6 rings (SSSR count). The van der Waals surface area contributed by atoms with Crippen molar-refractivity contribution in [1.82, 2.24) is 10.2 Å². The Morgan fingerprint density at radius 2 is 1.68 bits per heavy atom. The van der Waals surface area contributed by atoms with E-state index in [1.807, 2.05) is 36.4 Å². The summed E-state index contributed by atoms with van der Waals surface area (Å²) in [5.74, 6) is -0.420. The fourth-order valence-corrected chi connectivity index (χ4v) is 7.31. The van der Waals surface area contributed by atoms with E-state index >= 15 is 0 Å². The van der Waals surface area contributed by atoms with Crippen molar-refractivity contribution in [1.29, 1.82) is 0 Å². The van der Waals surface area contributed by atoms with E-state index in [-0.39, 0.29) is 23.8 Å². The van der Waals surface area contributed by atoms with Crippen LogP contribution >= 0.6 is 22.9 Å². The Balaban J connectivity index is 1.12. The second kappa shape index (κ2) is 12.1. The summed E-state index contributed by atoms with van der Waals surface area (Å²) < 4.78 is 0.984. The van der Waals surface area contributed by atoms with E-state index in [1.165, 1.54) is 48.4 Å². The van der Waals surface area contributed by atoms with Gasteiger partial charge in [0.2, 0.25) is 5.91 Å². The summed E-state index contributed by atoms with van der Waals surface area (Å²) in [4.78, 5) is 29.7. The molecule has 4 aromatic rings. The van der Waals surface area contributed by atoms with Gasteiger partial charge in [-0.05, 0) is 91.2 Å². The molecule has 1 saturated carbocycles. The van der Waals surface area contributed by atoms with E-state index in [0.717, 1.165) is 53.6 Å². The van der Waals surface area contributed by atoms with Gasteiger partial charge in [-0.1, -0.05) is 66.9 Å². The maximum Gasteiger partial charge on any atom is 0.261 e. The number of hydrogen-bond acceptors (Lipinski definition) is 4. The monoisotopic (exact) mass is 571 g/mol. The Hall–Kier alpha value is -3.19. The molecule has 1 aliphatic heterocycles. The van der Waals surface area contributed by atoms with E-state index in [2.05, 4.69) is 51.9 Å². The van der Waals surface area contributed by atoms with Gasteiger partial charge >= 0.3 is 0 Å². The van der Waals surface area contributed by atoms with Crippen LogP contribution in [0.1, 0.15) is 53.8 Å². The standard InChI is InChI=1S/C33H34ClN3O2S/c34-25-14-11-23-19-31(40-30(23)20-25)33(39)36-29-10-4-3-9-28(29)32(38)35-26-15-12-22(13-16-26)27-8-2-1-7-24(27)21-37-17-5-6-18-37/h1-2,7-8,11-16,19-20,28-29H,3-6,9-10,17-18,21H2,(H,35,38)(H,36,39)/t28-,29+/m0/s1. The number of likely N-dealkylation sites (tertiary alicyclic amines) is 1. The quantitative estimate of drug-likeness (QED) is 0.238. The molecule has 2 heterocycles. The lowest BCUT2D eigenvalue weighted by Crippen LogP contribution is -2.46. The SMILES string of the molecule is O=C(N[C@@H]1CCCC[C@@H]1C(=O)Nc1ccc(-c2ccccc2CN2CCCC2)cc1)c1cc2ccc(Cl)cc2s1. The van der Waals surface area contributed by atoms with Crippen LogP contribution in [0.15, 0.2) is 72.8 Å². The molecular formula is C33H34ClN3O2S. The lowest BCUT2D eigenvalue weighted by atomic mass is 9.83. The average Bonchev–Trinajstić information content (AvgIpc) is 3.64. The molecular weight excluding hydrogens is 538 g/mol. The van der Waals surface area contributed by atoms with Crippen LogP contribution in [-0.4, -0.2) is 35.8 Å². The minimum atomic E-state index is -0.262. The molecule has 2 atom stereocenters. The Morgan fingerprint density at radius 3 is 2.50 bits per heavy atom. The van der Waals surface area contributed by atoms with Gasteiger partial charge in [-0.25, -0.2) is 0 Å². The summed E-state index contributed by atoms with van der Waals surface area (Å²) in [6, 6.07) is 24.1. The number of rotatable bonds is 7. The predicted molar refractivity (Wildman–Crippen MR) is 165 cm³/mol. The van der Waals surface area contributed by atoms with E-state index in [4.69, 9.17) is 11.6 Å². The number of fused-ring (bicyclic) bond motifs is 1. The van der Waals surface area contributed by atoms with Crippen molar-refractivity contribution in [2.45, 2.75) is 51.1 Å². The third kappa shape index (κ3) is 6.09. The number of benzene rings is 3. The van der Waals surface area contributed by atoms with Gasteiger partial charge in [0, 0.05) is 28.0 Å². The largest absolute Gasteiger partial charge is 0.348 e. The van der Waals surface area contributed by atoms with Crippen LogP contribution < -0.4 is 10.6 Å². The van der Waals surface area contributed by atoms with E-state index in [0.29, 0.717) is 9.90 Å². The molecule has 0 spiro atoms. The first-order chi connectivity index (χ1) is 19.5. The molecule has 5 nitrogen and oxygen atoms in total. The van der Waals surface area contributed by atoms with Crippen molar-refractivity contribution in [2.24, 2.45) is 5.92 Å². The Kier molecular flexibility index (Phi) is 8.19. The summed E-state index contributed by atoms with van der Waals surface area (Å²) in [5.41, 5.74) is 4.51. The van der Waals surface area contributed by atoms with E-state index in [1.54, 1.807) is 0 Å². The van der Waals surface area contributed by atoms with Crippen molar-refractivity contribution >= 4 is 50.5 Å². The molecule has 2 aliphatic rings. The molecule has 206 valence electrons. The number of hydrogen-bond donors (Lipinski definition) is 2. The molecule has 2 amide bonds. The lowest BCUT2D eigenvalue weighted by molar-refractivity contribution is -0.121. The first-order valence-electron chi connectivity index (χ1n) is 14.2. The summed E-state index contributed by atoms with van der Waals surface area (Å²) in [7, 11) is 0. The number of amides is 2. The van der Waals surface area contributed by atoms with Crippen LogP contribution in [0.3, 0.4) is 0 Å². The second-order valence-electron chi connectivity index (χ2n) is 11.0. The van der Waals surface area contributed by atoms with Gasteiger partial charge in [-0.3, -0.25) is 14.5 Å². The maximum absolute atomic E-state index is 13.4. The third-order valence-electron chi connectivity index (χ3n) is 8.20. The average molecular weight is 572 g/mol. The zero-order valence-corrected chi connectivity index (χ0v) is 24.1. The van der Waals surface area contributed by atoms with Gasteiger partial charge in [0.05, 0.1) is 10.8 Å². The molecule has 0 unspecified atom stereocenters. The lowest BCUT2D eigenvalue weighted by Gasteiger charge is -2.31. The summed E-state index contributed by atoms with van der Waals surface area (Å²) in [6.07, 6.45) is 6.11. The molecule has 1 aromatic heterocycles. The molecule has 1 aliphatic carbocycles. The first kappa shape index (κ1) is 27.0. The molecule has 2 N–H and O–H groups in total. The fraction of sp³-hybridized carbons (Fsp3) is 0.333. The summed E-state index contributed by atoms with van der Waals surface area (Å²) in [5, 5.41) is 7.95. The Bertz CT molecular complexity index is 1510. The number of halogens is 1. The van der Waals surface area contributed by atoms with Crippen LogP contribution in [0, 0.1) is 5.92 Å². The maximum atomic E-state index is 13.4. The van der Waals surface area contributed by atoms with Gasteiger partial charge in [0.1, 0.15) is 0 Å². The van der Waals surface area contributed by atoms with Crippen molar-refractivity contribution in [2.75, 3.05) is 18.4 Å². The first-order valence-corrected chi connectivity index (χ1v) is 15.4. The topological polar surface area (TPSA) is 61.4 Å². The molecule has 0 bridgehead atoms. The highest BCUT2D eigenvalue weighted by molar-refractivity contribution is 7.20. The number of nitrogens with one attached hydrogen (secondary N) is 2. The molecule has 0 radical (unpaired) electrons. The van der Waals surface area contributed by atoms with Crippen LogP contribution in [0.2, 0.25) is 5.02 Å². The second-order valence-corrected chi connectivity index (χ2v) is 12.5. The van der Waals surface area contributed by atoms with Crippen LogP contribution in [0.5, 0.6) is 0 Å². The summed E-state index contributed by atoms with van der Waals surface area (Å²) in [6.45, 7) is 3.31. The van der Waals surface area contributed by atoms with E-state index < -0.39 is 0 Å². The number of thiophene rings is 1. The number of carbonyl (C=O) groups excluding carboxylic acids is 2. The van der Waals surface area contributed by atoms with Gasteiger partial charge in [0.25, 0.3) is 5.91 Å². The number of nitrogens with zero attached hydrogens (tertiary/aromatic N) is 1. The molecule has 2 fully saturated rings. The highest BCUT2D eigenvalue weighted by Gasteiger charge is 2.32. The highest BCUT2D eigenvalue weighted by Crippen LogP contribution is 2.31. The van der Waals surface area contributed by atoms with Gasteiger partial charge in [0.15, 0.2) is 0 Å². The zero-order chi connectivity index (χ0) is 27.5. The number of anilines is 1. The van der Waals surface area contributed by atoms with Gasteiger partial charge < -0.3 is 10.6 Å². The normalized spacial score (nSPS) is 19.5. The Morgan fingerprint density at radius 1 is 0.900 bits per heavy atom.